The van der Waals surface area contributed by atoms with Gasteiger partial charge in [-0.3, -0.25) is 4.79 Å². The summed E-state index contributed by atoms with van der Waals surface area (Å²) in [5.41, 5.74) is 1.33. The second-order valence-corrected chi connectivity index (χ2v) is 9.60. The zero-order valence-corrected chi connectivity index (χ0v) is 18.5. The van der Waals surface area contributed by atoms with Crippen molar-refractivity contribution in [2.75, 3.05) is 0 Å². The van der Waals surface area contributed by atoms with E-state index in [9.17, 15) is 23.4 Å². The van der Waals surface area contributed by atoms with Crippen molar-refractivity contribution in [1.29, 1.82) is 0 Å². The van der Waals surface area contributed by atoms with Gasteiger partial charge in [0.25, 0.3) is 5.56 Å². The Balaban J connectivity index is 1.64. The number of phenolic OH excluding ortho intramolecular Hbond substituents is 2. The molecule has 168 valence electrons. The van der Waals surface area contributed by atoms with Crippen molar-refractivity contribution in [3.05, 3.63) is 107 Å². The van der Waals surface area contributed by atoms with E-state index in [1.54, 1.807) is 36.4 Å². The fourth-order valence-electron chi connectivity index (χ4n) is 3.72. The van der Waals surface area contributed by atoms with E-state index in [2.05, 4.69) is 5.10 Å². The summed E-state index contributed by atoms with van der Waals surface area (Å²) in [6, 6.07) is 24.8. The minimum absolute atomic E-state index is 0.0273. The Labute approximate surface area is 194 Å². The number of phenols is 2. The van der Waals surface area contributed by atoms with Crippen LogP contribution in [0.5, 0.6) is 11.5 Å². The molecule has 0 aliphatic carbocycles. The Morgan fingerprint density at radius 3 is 1.74 bits per heavy atom. The number of benzene rings is 4. The number of nitrogens with zero attached hydrogens (tertiary/aromatic N) is 2. The molecule has 7 nitrogen and oxygen atoms in total. The van der Waals surface area contributed by atoms with Crippen LogP contribution in [0.25, 0.3) is 27.7 Å². The molecule has 0 aliphatic rings. The highest BCUT2D eigenvalue weighted by molar-refractivity contribution is 7.91. The van der Waals surface area contributed by atoms with Gasteiger partial charge in [0, 0.05) is 10.9 Å². The van der Waals surface area contributed by atoms with Crippen molar-refractivity contribution in [2.45, 2.75) is 9.79 Å². The Morgan fingerprint density at radius 1 is 0.647 bits per heavy atom. The lowest BCUT2D eigenvalue weighted by atomic mass is 10.0. The van der Waals surface area contributed by atoms with Crippen molar-refractivity contribution < 1.29 is 18.6 Å². The number of hydrogen-bond donors (Lipinski definition) is 2. The first-order valence-electron chi connectivity index (χ1n) is 10.3. The van der Waals surface area contributed by atoms with Gasteiger partial charge < -0.3 is 10.2 Å². The van der Waals surface area contributed by atoms with E-state index in [0.29, 0.717) is 27.7 Å². The first-order chi connectivity index (χ1) is 16.3. The van der Waals surface area contributed by atoms with Gasteiger partial charge in [-0.05, 0) is 78.9 Å². The predicted octanol–water partition coefficient (Wildman–Crippen LogP) is 4.30. The normalized spacial score (nSPS) is 11.5. The molecule has 1 heterocycles. The molecule has 8 heteroatoms. The van der Waals surface area contributed by atoms with Gasteiger partial charge in [-0.15, -0.1) is 0 Å². The van der Waals surface area contributed by atoms with E-state index in [1.807, 2.05) is 12.1 Å². The average molecular weight is 471 g/mol. The summed E-state index contributed by atoms with van der Waals surface area (Å²) in [4.78, 5) is 13.3. The van der Waals surface area contributed by atoms with Crippen molar-refractivity contribution in [2.24, 2.45) is 0 Å². The van der Waals surface area contributed by atoms with E-state index in [-0.39, 0.29) is 26.8 Å². The number of aromatic hydroxyl groups is 2. The third-order valence-electron chi connectivity index (χ3n) is 5.48. The van der Waals surface area contributed by atoms with E-state index >= 15 is 0 Å². The molecule has 0 unspecified atom stereocenters. The zero-order chi connectivity index (χ0) is 23.9. The van der Waals surface area contributed by atoms with Crippen LogP contribution in [-0.2, 0) is 9.84 Å². The molecule has 0 saturated carbocycles. The van der Waals surface area contributed by atoms with Gasteiger partial charge in [0.2, 0.25) is 9.84 Å². The molecular weight excluding hydrogens is 452 g/mol. The lowest BCUT2D eigenvalue weighted by Crippen LogP contribution is -2.22. The zero-order valence-electron chi connectivity index (χ0n) is 17.7. The smallest absolute Gasteiger partial charge is 0.279 e. The molecular formula is C26H18N2O5S. The molecule has 0 radical (unpaired) electrons. The van der Waals surface area contributed by atoms with E-state index in [1.165, 1.54) is 53.2 Å². The van der Waals surface area contributed by atoms with Gasteiger partial charge in [0.1, 0.15) is 11.5 Å². The van der Waals surface area contributed by atoms with Crippen LogP contribution in [0.4, 0.5) is 0 Å². The monoisotopic (exact) mass is 470 g/mol. The predicted molar refractivity (Wildman–Crippen MR) is 128 cm³/mol. The largest absolute Gasteiger partial charge is 0.508 e. The van der Waals surface area contributed by atoms with Gasteiger partial charge >= 0.3 is 0 Å². The van der Waals surface area contributed by atoms with Gasteiger partial charge in [-0.25, -0.2) is 8.42 Å². The van der Waals surface area contributed by atoms with Crippen LogP contribution in [0.2, 0.25) is 0 Å². The summed E-state index contributed by atoms with van der Waals surface area (Å²) in [5, 5.41) is 24.8. The summed E-state index contributed by atoms with van der Waals surface area (Å²) in [6.07, 6.45) is 0. The molecule has 0 fully saturated rings. The highest BCUT2D eigenvalue weighted by Gasteiger charge is 2.19. The van der Waals surface area contributed by atoms with Crippen molar-refractivity contribution in [3.8, 4) is 28.4 Å². The van der Waals surface area contributed by atoms with Crippen LogP contribution in [0.15, 0.2) is 112 Å². The molecule has 0 amide bonds. The highest BCUT2D eigenvalue weighted by Crippen LogP contribution is 2.27. The van der Waals surface area contributed by atoms with Crippen molar-refractivity contribution >= 4 is 20.6 Å². The summed E-state index contributed by atoms with van der Waals surface area (Å²) >= 11 is 0. The molecule has 0 bridgehead atoms. The first-order valence-corrected chi connectivity index (χ1v) is 11.8. The lowest BCUT2D eigenvalue weighted by molar-refractivity contribution is 0.474. The Kier molecular flexibility index (Phi) is 5.14. The maximum atomic E-state index is 13.2. The van der Waals surface area contributed by atoms with Crippen LogP contribution in [0.3, 0.4) is 0 Å². The Morgan fingerprint density at radius 2 is 1.15 bits per heavy atom. The quantitative estimate of drug-likeness (QED) is 0.405. The summed E-state index contributed by atoms with van der Waals surface area (Å²) in [5.74, 6) is 0.0901. The second-order valence-electron chi connectivity index (χ2n) is 7.65. The molecule has 5 rings (SSSR count). The molecule has 0 atom stereocenters. The molecule has 0 aliphatic heterocycles. The Bertz CT molecular complexity index is 1670. The number of aromatic nitrogens is 2. The summed E-state index contributed by atoms with van der Waals surface area (Å²) < 4.78 is 27.1. The molecule has 34 heavy (non-hydrogen) atoms. The first kappa shape index (κ1) is 21.4. The Hall–Kier alpha value is -4.43. The lowest BCUT2D eigenvalue weighted by Gasteiger charge is -2.12. The average Bonchev–Trinajstić information content (AvgIpc) is 2.85. The fourth-order valence-corrected chi connectivity index (χ4v) is 4.99. The maximum Gasteiger partial charge on any atom is 0.279 e. The van der Waals surface area contributed by atoms with Gasteiger partial charge in [0.15, 0.2) is 0 Å². The van der Waals surface area contributed by atoms with Gasteiger partial charge in [-0.1, -0.05) is 18.2 Å². The molecule has 5 aromatic rings. The number of fused-ring (bicyclic) bond motifs is 1. The minimum Gasteiger partial charge on any atom is -0.508 e. The molecule has 4 aromatic carbocycles. The summed E-state index contributed by atoms with van der Waals surface area (Å²) in [7, 11) is -3.80. The maximum absolute atomic E-state index is 13.2. The highest BCUT2D eigenvalue weighted by atomic mass is 32.2. The third-order valence-corrected chi connectivity index (χ3v) is 7.27. The molecule has 0 saturated heterocycles. The van der Waals surface area contributed by atoms with Crippen LogP contribution in [-0.4, -0.2) is 28.4 Å². The van der Waals surface area contributed by atoms with Crippen LogP contribution >= 0.6 is 0 Å². The van der Waals surface area contributed by atoms with Crippen LogP contribution in [0.1, 0.15) is 0 Å². The minimum atomic E-state index is -3.80. The van der Waals surface area contributed by atoms with Crippen LogP contribution < -0.4 is 5.56 Å². The van der Waals surface area contributed by atoms with Gasteiger partial charge in [0.05, 0.1) is 26.6 Å². The molecule has 0 spiro atoms. The van der Waals surface area contributed by atoms with Gasteiger partial charge in [-0.2, -0.15) is 9.78 Å². The summed E-state index contributed by atoms with van der Waals surface area (Å²) in [6.45, 7) is 0. The van der Waals surface area contributed by atoms with E-state index in [0.717, 1.165) is 0 Å². The topological polar surface area (TPSA) is 109 Å². The molecule has 2 N–H and O–H groups in total. The third kappa shape index (κ3) is 3.70. The van der Waals surface area contributed by atoms with Crippen LogP contribution in [0, 0.1) is 0 Å². The van der Waals surface area contributed by atoms with Crippen molar-refractivity contribution in [1.82, 2.24) is 9.78 Å². The number of rotatable bonds is 4. The van der Waals surface area contributed by atoms with E-state index in [4.69, 9.17) is 0 Å². The number of hydrogen-bond acceptors (Lipinski definition) is 6. The molecule has 1 aromatic heterocycles. The SMILES string of the molecule is O=c1c2ccccc2c(-c2ccc(O)cc2)nn1-c1ccc(S(=O)(=O)c2ccc(O)cc2)cc1. The fraction of sp³-hybridized carbons (Fsp3) is 0. The van der Waals surface area contributed by atoms with Crippen molar-refractivity contribution in [3.63, 3.8) is 0 Å². The number of sulfone groups is 1. The van der Waals surface area contributed by atoms with E-state index < -0.39 is 9.84 Å². The second kappa shape index (κ2) is 8.17. The standard InChI is InChI=1S/C26H18N2O5S/c29-19-9-5-17(6-10-19)25-23-3-1-2-4-24(23)26(31)28(27-25)18-7-13-21(14-8-18)34(32,33)22-15-11-20(30)12-16-22/h1-16,29-30H.